The number of ether oxygens (including phenoxy) is 1. The number of nitro groups is 1. The molecule has 28 heavy (non-hydrogen) atoms. The van der Waals surface area contributed by atoms with E-state index in [0.717, 1.165) is 16.6 Å². The van der Waals surface area contributed by atoms with E-state index in [4.69, 9.17) is 0 Å². The highest BCUT2D eigenvalue weighted by atomic mass is 16.6. The Balaban J connectivity index is 0.00000136. The number of methoxy groups -OCH3 is 1. The number of H-pyrrole nitrogens is 1. The Morgan fingerprint density at radius 2 is 2.14 bits per heavy atom. The molecule has 0 fully saturated rings. The van der Waals surface area contributed by atoms with Crippen molar-refractivity contribution in [2.75, 3.05) is 19.0 Å². The Morgan fingerprint density at radius 3 is 2.82 bits per heavy atom. The lowest BCUT2D eigenvalue weighted by Gasteiger charge is -2.08. The largest absolute Gasteiger partial charge is 0.464 e. The van der Waals surface area contributed by atoms with Gasteiger partial charge in [-0.05, 0) is 23.6 Å². The van der Waals surface area contributed by atoms with E-state index in [1.165, 1.54) is 13.2 Å². The molecule has 0 aliphatic heterocycles. The maximum absolute atomic E-state index is 11.6. The number of nitrogens with zero attached hydrogens (tertiary/aromatic N) is 2. The summed E-state index contributed by atoms with van der Waals surface area (Å²) >= 11 is 0. The number of anilines is 1. The number of allylic oxidation sites excluding steroid dienone is 3. The van der Waals surface area contributed by atoms with Crippen LogP contribution in [0.2, 0.25) is 0 Å². The summed E-state index contributed by atoms with van der Waals surface area (Å²) in [5, 5.41) is 15.0. The van der Waals surface area contributed by atoms with Crippen LogP contribution in [-0.2, 0) is 4.74 Å². The fourth-order valence-corrected chi connectivity index (χ4v) is 2.69. The second-order valence-electron chi connectivity index (χ2n) is 5.98. The van der Waals surface area contributed by atoms with Gasteiger partial charge >= 0.3 is 5.97 Å². The van der Waals surface area contributed by atoms with Crippen LogP contribution in [0.3, 0.4) is 0 Å². The molecule has 1 aliphatic carbocycles. The number of esters is 1. The summed E-state index contributed by atoms with van der Waals surface area (Å²) in [6, 6.07) is 3.52. The Morgan fingerprint density at radius 1 is 1.39 bits per heavy atom. The molecule has 2 N–H and O–H groups in total. The summed E-state index contributed by atoms with van der Waals surface area (Å²) in [5.41, 5.74) is 2.53. The van der Waals surface area contributed by atoms with Gasteiger partial charge < -0.3 is 15.0 Å². The van der Waals surface area contributed by atoms with Crippen molar-refractivity contribution < 1.29 is 14.5 Å². The molecule has 0 aromatic carbocycles. The van der Waals surface area contributed by atoms with E-state index in [2.05, 4.69) is 20.0 Å². The summed E-state index contributed by atoms with van der Waals surface area (Å²) in [7, 11) is 1.32. The maximum atomic E-state index is 11.6. The molecule has 1 atom stereocenters. The fourth-order valence-electron chi connectivity index (χ4n) is 2.69. The molecule has 2 aromatic heterocycles. The third-order valence-electron chi connectivity index (χ3n) is 3.96. The first kappa shape index (κ1) is 20.9. The van der Waals surface area contributed by atoms with Crippen LogP contribution in [0.5, 0.6) is 0 Å². The van der Waals surface area contributed by atoms with Crippen LogP contribution in [0.4, 0.5) is 5.69 Å². The first-order chi connectivity index (χ1) is 13.5. The first-order valence-corrected chi connectivity index (χ1v) is 9.02. The van der Waals surface area contributed by atoms with Gasteiger partial charge in [-0.2, -0.15) is 0 Å². The van der Waals surface area contributed by atoms with Crippen molar-refractivity contribution in [3.05, 3.63) is 69.7 Å². The lowest BCUT2D eigenvalue weighted by molar-refractivity contribution is -0.419. The lowest BCUT2D eigenvalue weighted by Crippen LogP contribution is -2.06. The molecule has 2 aromatic rings. The summed E-state index contributed by atoms with van der Waals surface area (Å²) in [4.78, 5) is 29.4. The van der Waals surface area contributed by atoms with Gasteiger partial charge in [0.15, 0.2) is 0 Å². The van der Waals surface area contributed by atoms with E-state index in [0.29, 0.717) is 17.9 Å². The second kappa shape index (κ2) is 9.50. The van der Waals surface area contributed by atoms with E-state index in [-0.39, 0.29) is 11.6 Å². The molecule has 0 saturated heterocycles. The molecule has 1 aliphatic rings. The highest BCUT2D eigenvalue weighted by Gasteiger charge is 2.13. The zero-order valence-corrected chi connectivity index (χ0v) is 16.4. The molecule has 0 radical (unpaired) electrons. The summed E-state index contributed by atoms with van der Waals surface area (Å²) in [6.45, 7) is 6.39. The molecule has 148 valence electrons. The second-order valence-corrected chi connectivity index (χ2v) is 5.98. The fraction of sp³-hybridized carbons (Fsp3) is 0.300. The topological polar surface area (TPSA) is 110 Å². The summed E-state index contributed by atoms with van der Waals surface area (Å²) in [5.74, 6) is -0.353. The van der Waals surface area contributed by atoms with Crippen LogP contribution in [0.15, 0.2) is 53.9 Å². The molecule has 0 spiro atoms. The molecule has 0 amide bonds. The Bertz CT molecular complexity index is 956. The van der Waals surface area contributed by atoms with Gasteiger partial charge in [0.05, 0.1) is 23.9 Å². The van der Waals surface area contributed by atoms with Crippen LogP contribution in [0, 0.1) is 16.0 Å². The molecular weight excluding hydrogens is 360 g/mol. The molecular formula is C20H24N4O4. The predicted octanol–water partition coefficient (Wildman–Crippen LogP) is 4.08. The molecule has 1 unspecified atom stereocenters. The number of pyridine rings is 1. The van der Waals surface area contributed by atoms with E-state index >= 15 is 0 Å². The average molecular weight is 384 g/mol. The summed E-state index contributed by atoms with van der Waals surface area (Å²) < 4.78 is 4.69. The van der Waals surface area contributed by atoms with E-state index in [1.807, 2.05) is 32.9 Å². The number of rotatable bonds is 5. The Hall–Kier alpha value is -3.42. The van der Waals surface area contributed by atoms with Gasteiger partial charge in [0.1, 0.15) is 11.3 Å². The van der Waals surface area contributed by atoms with Crippen LogP contribution < -0.4 is 5.32 Å². The van der Waals surface area contributed by atoms with Crippen molar-refractivity contribution in [3.8, 4) is 0 Å². The molecule has 0 bridgehead atoms. The maximum Gasteiger partial charge on any atom is 0.354 e. The van der Waals surface area contributed by atoms with Crippen molar-refractivity contribution in [1.82, 2.24) is 9.97 Å². The van der Waals surface area contributed by atoms with E-state index in [1.54, 1.807) is 24.4 Å². The minimum Gasteiger partial charge on any atom is -0.464 e. The zero-order valence-electron chi connectivity index (χ0n) is 16.4. The molecule has 8 nitrogen and oxygen atoms in total. The quantitative estimate of drug-likeness (QED) is 0.456. The first-order valence-electron chi connectivity index (χ1n) is 9.02. The van der Waals surface area contributed by atoms with Gasteiger partial charge in [0, 0.05) is 24.1 Å². The Labute approximate surface area is 163 Å². The van der Waals surface area contributed by atoms with Gasteiger partial charge in [-0.15, -0.1) is 0 Å². The molecule has 3 rings (SSSR count). The van der Waals surface area contributed by atoms with Crippen molar-refractivity contribution in [2.45, 2.75) is 20.8 Å². The minimum atomic E-state index is -0.458. The highest BCUT2D eigenvalue weighted by molar-refractivity contribution is 5.94. The van der Waals surface area contributed by atoms with Gasteiger partial charge in [0.25, 0.3) is 5.70 Å². The highest BCUT2D eigenvalue weighted by Crippen LogP contribution is 2.20. The molecule has 2 heterocycles. The third kappa shape index (κ3) is 5.06. The number of aromatic nitrogens is 2. The zero-order chi connectivity index (χ0) is 20.7. The third-order valence-corrected chi connectivity index (χ3v) is 3.96. The Kier molecular flexibility index (Phi) is 7.08. The number of aromatic amines is 1. The van der Waals surface area contributed by atoms with Crippen molar-refractivity contribution >= 4 is 22.7 Å². The number of carbonyl (C=O) groups excluding carboxylic acids is 1. The molecule has 8 heteroatoms. The van der Waals surface area contributed by atoms with Crippen molar-refractivity contribution in [1.29, 1.82) is 0 Å². The van der Waals surface area contributed by atoms with Crippen LogP contribution in [-0.4, -0.2) is 34.5 Å². The van der Waals surface area contributed by atoms with Gasteiger partial charge in [-0.25, -0.2) is 9.78 Å². The average Bonchev–Trinajstić information content (AvgIpc) is 3.03. The monoisotopic (exact) mass is 384 g/mol. The standard InChI is InChI=1S/C18H18N4O4.C2H6/c1-11-3-4-15(22(24)25)6-12(5-11)9-19-14-7-13-8-16(18(23)26-2)21-17(13)20-10-14;1-2/h3-8,10-11,19H,9H2,1-2H3,(H,20,21);1-2H3. The number of nitrogens with one attached hydrogen (secondary N) is 2. The van der Waals surface area contributed by atoms with Crippen molar-refractivity contribution in [2.24, 2.45) is 5.92 Å². The predicted molar refractivity (Wildman–Crippen MR) is 109 cm³/mol. The van der Waals surface area contributed by atoms with Crippen molar-refractivity contribution in [3.63, 3.8) is 0 Å². The molecule has 0 saturated carbocycles. The lowest BCUT2D eigenvalue weighted by atomic mass is 10.1. The normalized spacial score (nSPS) is 15.6. The number of hydrogen-bond donors (Lipinski definition) is 2. The smallest absolute Gasteiger partial charge is 0.354 e. The number of carbonyl (C=O) groups is 1. The van der Waals surface area contributed by atoms with Crippen LogP contribution in [0.1, 0.15) is 31.3 Å². The van der Waals surface area contributed by atoms with Gasteiger partial charge in [-0.1, -0.05) is 32.9 Å². The van der Waals surface area contributed by atoms with E-state index in [9.17, 15) is 14.9 Å². The van der Waals surface area contributed by atoms with Crippen LogP contribution in [0.25, 0.3) is 11.0 Å². The van der Waals surface area contributed by atoms with Crippen LogP contribution >= 0.6 is 0 Å². The number of hydrogen-bond acceptors (Lipinski definition) is 6. The SMILES string of the molecule is CC.COC(=O)c1cc2cc(NCC3=CC(C)C=CC([N+](=O)[O-])=C3)cnc2[nH]1. The van der Waals surface area contributed by atoms with Gasteiger partial charge in [-0.3, -0.25) is 10.1 Å². The number of fused-ring (bicyclic) bond motifs is 1. The van der Waals surface area contributed by atoms with E-state index < -0.39 is 10.9 Å². The minimum absolute atomic E-state index is 0.0596. The van der Waals surface area contributed by atoms with Gasteiger partial charge in [0.2, 0.25) is 0 Å². The summed E-state index contributed by atoms with van der Waals surface area (Å²) in [6.07, 6.45) is 8.48.